The molecule has 32 heteroatoms. The molecule has 5 aromatic carbocycles. The third-order valence-electron chi connectivity index (χ3n) is 26.4. The molecule has 9 aliphatic rings. The number of amides is 3. The Morgan fingerprint density at radius 1 is 0.442 bits per heavy atom. The molecular formula is C97H121FN22O6S3. The van der Waals surface area contributed by atoms with Crippen molar-refractivity contribution in [1.29, 1.82) is 15.8 Å². The second kappa shape index (κ2) is 44.6. The van der Waals surface area contributed by atoms with Crippen molar-refractivity contribution in [3.8, 4) is 36.2 Å². The van der Waals surface area contributed by atoms with Gasteiger partial charge in [-0.1, -0.05) is 87.3 Å². The molecule has 0 radical (unpaired) electrons. The summed E-state index contributed by atoms with van der Waals surface area (Å²) in [7, 11) is 6.40. The summed E-state index contributed by atoms with van der Waals surface area (Å²) in [6, 6.07) is 42.5. The highest BCUT2D eigenvalue weighted by atomic mass is 32.1. The largest absolute Gasteiger partial charge is 0.462 e. The number of fused-ring (bicyclic) bond motifs is 6. The molecule has 6 fully saturated rings. The Morgan fingerprint density at radius 2 is 0.814 bits per heavy atom. The Kier molecular flexibility index (Phi) is 33.4. The Bertz CT molecular complexity index is 5630. The van der Waals surface area contributed by atoms with Crippen molar-refractivity contribution in [3.63, 3.8) is 0 Å². The third kappa shape index (κ3) is 21.8. The number of carbonyl (C=O) groups excluding carboxylic acids is 3. The van der Waals surface area contributed by atoms with Crippen molar-refractivity contribution >= 4 is 125 Å². The standard InChI is InChI=1S/C33H39N7O2.C32H36FN7O2.C31H36N8O2.CH4.3H2S/c1-3-8-31(41)40-20-19-39(21-25(40)14-16-34)32-28-15-18-38(30-13-6-10-24-9-4-5-12-27(24)30)22-29(28)35-33(36-32)42-23-26-11-7-17-37(26)2;1-3-30(41)40-17-16-39(19-24(40)11-13-34)31-27-12-15-38(29-8-4-6-22-18-23(33)9-10-26(22)29)20-28(27)35-32(36-31)42-21-25-7-5-14-37(25)2;1-3-29(40)39-17-16-38(19-23(39)9-12-32)30-26-11-15-37(28-8-4-6-22-18-33-13-10-25(22)28)20-27(26)34-31(35-30)41-21-24-7-5-14-36(24)2;;;;/h3-6,8-10,12-13,25-26H,7,11,14-15,17-23H2,1-2H3;3-4,6,8-10,18,24-25H,1,5,7,11-12,14-17,19-21H2,2H3;3-4,6,8,10,13,18,23-24H,1,5,7,9,11,14-17,19-21H2,2H3;1H4;3*1H2/b8-3+;;;;;;/t25?,26-;24?,25-;23?,24-;;;;/m000..../s1. The molecule has 9 aromatic rings. The summed E-state index contributed by atoms with van der Waals surface area (Å²) < 4.78 is 32.8. The van der Waals surface area contributed by atoms with Gasteiger partial charge in [0.1, 0.15) is 43.1 Å². The molecule has 13 heterocycles. The summed E-state index contributed by atoms with van der Waals surface area (Å²) in [5, 5.41) is 35.2. The number of allylic oxidation sites excluding steroid dienone is 1. The molecule has 3 amide bonds. The number of likely N-dealkylation sites (tertiary alicyclic amines) is 3. The Morgan fingerprint density at radius 3 is 1.20 bits per heavy atom. The Balaban J connectivity index is 0.000000173. The minimum atomic E-state index is -0.257. The van der Waals surface area contributed by atoms with E-state index >= 15 is 0 Å². The van der Waals surface area contributed by atoms with E-state index in [1.165, 1.54) is 52.9 Å². The van der Waals surface area contributed by atoms with Gasteiger partial charge in [-0.3, -0.25) is 19.4 Å². The summed E-state index contributed by atoms with van der Waals surface area (Å²) in [6.45, 7) is 23.3. The molecule has 0 spiro atoms. The molecule has 6 atom stereocenters. The van der Waals surface area contributed by atoms with Gasteiger partial charge in [-0.25, -0.2) is 4.39 Å². The Hall–Kier alpha value is -11.6. The predicted molar refractivity (Wildman–Crippen MR) is 520 cm³/mol. The van der Waals surface area contributed by atoms with Crippen LogP contribution in [0.5, 0.6) is 18.0 Å². The second-order valence-electron chi connectivity index (χ2n) is 33.9. The number of rotatable bonds is 21. The first-order chi connectivity index (χ1) is 61.0. The number of likely N-dealkylation sites (N-methyl/N-ethyl adjacent to an activating group) is 3. The summed E-state index contributed by atoms with van der Waals surface area (Å²) in [6.07, 6.45) is 19.6. The topological polar surface area (TPSA) is 279 Å². The van der Waals surface area contributed by atoms with Crippen molar-refractivity contribution in [2.75, 3.05) is 169 Å². The monoisotopic (exact) mass is 1800 g/mol. The number of nitrogens with zero attached hydrogens (tertiary/aromatic N) is 22. The fourth-order valence-electron chi connectivity index (χ4n) is 19.5. The van der Waals surface area contributed by atoms with Gasteiger partial charge in [0.25, 0.3) is 0 Å². The summed E-state index contributed by atoms with van der Waals surface area (Å²) in [5.74, 6) is 1.98. The lowest BCUT2D eigenvalue weighted by molar-refractivity contribution is -0.129. The highest BCUT2D eigenvalue weighted by molar-refractivity contribution is 7.59. The van der Waals surface area contributed by atoms with Crippen LogP contribution in [-0.2, 0) is 53.3 Å². The van der Waals surface area contributed by atoms with Crippen molar-refractivity contribution in [2.45, 2.75) is 147 Å². The van der Waals surface area contributed by atoms with E-state index in [9.17, 15) is 34.6 Å². The quantitative estimate of drug-likeness (QED) is 0.0604. The molecule has 0 N–H and O–H groups in total. The molecule has 4 aromatic heterocycles. The van der Waals surface area contributed by atoms with Crippen LogP contribution in [0.25, 0.3) is 32.3 Å². The summed E-state index contributed by atoms with van der Waals surface area (Å²) in [5.41, 5.74) is 9.59. The van der Waals surface area contributed by atoms with E-state index in [-0.39, 0.29) is 109 Å². The first kappa shape index (κ1) is 96.5. The van der Waals surface area contributed by atoms with E-state index < -0.39 is 0 Å². The number of hydrogen-bond donors (Lipinski definition) is 0. The van der Waals surface area contributed by atoms with Gasteiger partial charge in [-0.15, -0.1) is 0 Å². The smallest absolute Gasteiger partial charge is 0.318 e. The van der Waals surface area contributed by atoms with Gasteiger partial charge in [0.2, 0.25) is 17.7 Å². The van der Waals surface area contributed by atoms with E-state index in [4.69, 9.17) is 44.1 Å². The molecule has 0 bridgehead atoms. The fraction of sp³-hybridized carbons (Fsp3) is 0.454. The van der Waals surface area contributed by atoms with E-state index in [2.05, 4.69) is 174 Å². The molecule has 129 heavy (non-hydrogen) atoms. The van der Waals surface area contributed by atoms with Crippen molar-refractivity contribution in [1.82, 2.24) is 64.3 Å². The first-order valence-electron chi connectivity index (χ1n) is 44.1. The van der Waals surface area contributed by atoms with Crippen LogP contribution in [-0.4, -0.2) is 257 Å². The maximum Gasteiger partial charge on any atom is 0.318 e. The zero-order valence-corrected chi connectivity index (χ0v) is 76.7. The predicted octanol–water partition coefficient (Wildman–Crippen LogP) is 12.2. The van der Waals surface area contributed by atoms with E-state index in [1.807, 2.05) is 42.4 Å². The number of aromatic nitrogens is 7. The highest BCUT2D eigenvalue weighted by Crippen LogP contribution is 2.41. The summed E-state index contributed by atoms with van der Waals surface area (Å²) in [4.78, 5) is 97.9. The SMILES string of the molecule is C.C/C=C/C(=O)N1CCN(c2nc(OC[C@@H]3CCCN3C)nc3c2CCN(c2cccc4ccccc24)C3)CC1CC#N.C=CC(=O)N1CCN(c2nc(OC[C@@H]3CCCN3C)nc3c2CCN(c2cccc4cc(F)ccc24)C3)CC1CC#N.C=CC(=O)N1CCN(c2nc(OC[C@@H]3CCCN3C)nc3c2CCN(c2cccc4cnccc24)C3)CC1CC#N.S.S.S. The lowest BCUT2D eigenvalue weighted by atomic mass is 10.0. The van der Waals surface area contributed by atoms with Crippen LogP contribution >= 0.6 is 40.5 Å². The minimum absolute atomic E-state index is 0. The maximum absolute atomic E-state index is 14.0. The molecule has 9 aliphatic heterocycles. The average molecular weight is 1810 g/mol. The van der Waals surface area contributed by atoms with Gasteiger partial charge >= 0.3 is 18.0 Å². The van der Waals surface area contributed by atoms with Crippen LogP contribution in [0.4, 0.5) is 38.9 Å². The lowest BCUT2D eigenvalue weighted by Crippen LogP contribution is -2.55. The molecule has 680 valence electrons. The number of nitriles is 3. The van der Waals surface area contributed by atoms with Crippen LogP contribution in [0.3, 0.4) is 0 Å². The van der Waals surface area contributed by atoms with Gasteiger partial charge in [-0.05, 0) is 177 Å². The number of carbonyl (C=O) groups is 3. The summed E-state index contributed by atoms with van der Waals surface area (Å²) >= 11 is 0. The second-order valence-corrected chi connectivity index (χ2v) is 33.9. The maximum atomic E-state index is 14.0. The molecular weight excluding hydrogens is 1680 g/mol. The van der Waals surface area contributed by atoms with E-state index in [0.717, 1.165) is 163 Å². The van der Waals surface area contributed by atoms with Crippen molar-refractivity contribution in [3.05, 3.63) is 193 Å². The van der Waals surface area contributed by atoms with Gasteiger partial charge < -0.3 is 73.0 Å². The number of anilines is 6. The van der Waals surface area contributed by atoms with Gasteiger partial charge in [-0.2, -0.15) is 86.2 Å². The molecule has 18 rings (SSSR count). The molecule has 3 unspecified atom stereocenters. The van der Waals surface area contributed by atoms with Gasteiger partial charge in [0, 0.05) is 164 Å². The average Bonchev–Trinajstić information content (AvgIpc) is 0.973. The van der Waals surface area contributed by atoms with E-state index in [1.54, 1.807) is 28.0 Å². The molecule has 0 saturated carbocycles. The van der Waals surface area contributed by atoms with Crippen LogP contribution in [0.2, 0.25) is 0 Å². The van der Waals surface area contributed by atoms with Crippen LogP contribution < -0.4 is 43.6 Å². The number of piperazine rings is 3. The minimum Gasteiger partial charge on any atom is -0.462 e. The fourth-order valence-corrected chi connectivity index (χ4v) is 19.5. The number of pyridine rings is 1. The number of ether oxygens (including phenoxy) is 3. The van der Waals surface area contributed by atoms with Crippen molar-refractivity contribution < 1.29 is 33.0 Å². The Labute approximate surface area is 777 Å². The lowest BCUT2D eigenvalue weighted by Gasteiger charge is -2.42. The zero-order chi connectivity index (χ0) is 86.6. The molecule has 28 nitrogen and oxygen atoms in total. The number of halogens is 1. The third-order valence-corrected chi connectivity index (χ3v) is 26.4. The van der Waals surface area contributed by atoms with Crippen LogP contribution in [0.1, 0.15) is 106 Å². The number of hydrogen-bond acceptors (Lipinski definition) is 25. The van der Waals surface area contributed by atoms with Crippen molar-refractivity contribution in [2.24, 2.45) is 0 Å². The van der Waals surface area contributed by atoms with E-state index in [0.29, 0.717) is 135 Å². The van der Waals surface area contributed by atoms with Crippen LogP contribution in [0.15, 0.2) is 153 Å². The van der Waals surface area contributed by atoms with Gasteiger partial charge in [0.05, 0.1) is 92.3 Å². The normalized spacial score (nSPS) is 20.3. The zero-order valence-electron chi connectivity index (χ0n) is 73.7. The van der Waals surface area contributed by atoms with Crippen LogP contribution in [0, 0.1) is 39.8 Å². The molecule has 6 saturated heterocycles. The number of benzene rings is 5. The van der Waals surface area contributed by atoms with Gasteiger partial charge in [0.15, 0.2) is 0 Å². The first-order valence-corrected chi connectivity index (χ1v) is 44.1. The molecule has 0 aliphatic carbocycles. The highest BCUT2D eigenvalue weighted by Gasteiger charge is 2.39.